The molecule has 2 aliphatic heterocycles. The van der Waals surface area contributed by atoms with Gasteiger partial charge < -0.3 is 41.8 Å². The lowest BCUT2D eigenvalue weighted by molar-refractivity contribution is 0.0985. The van der Waals surface area contributed by atoms with Gasteiger partial charge in [-0.15, -0.1) is 0 Å². The standard InChI is InChI=1S/C21H31N7O3S.C17H23N7O3S.CH4/c1-13-12-31-8-7-28(13)18-11-17(27-32(5,6)30)24-20(25-18)14-9-15(19(22)29)23-16(10-14)26-21(2,3)4;1-10-9-27-5-4-24(10)15-8-14(23-28(2,3)26)21-17(22-15)11-6-12(16(19)25)20-13(18)7-11;/h9-11,13H,7-8,12H2,1-6H3,(H2,22,29)(H,23,26);6-8,10H,4-5,9H2,1-3H3,(H2,18,20)(H2,19,25);1H4/t13-;10-;/m11./s1. The molecule has 61 heavy (non-hydrogen) atoms. The Morgan fingerprint density at radius 3 is 1.52 bits per heavy atom. The minimum atomic E-state index is -2.45. The zero-order valence-electron chi connectivity index (χ0n) is 35.3. The van der Waals surface area contributed by atoms with E-state index < -0.39 is 31.3 Å². The molecule has 6 rings (SSSR count). The van der Waals surface area contributed by atoms with Crippen LogP contribution in [0.25, 0.3) is 22.8 Å². The van der Waals surface area contributed by atoms with Gasteiger partial charge in [-0.3, -0.25) is 9.59 Å². The number of nitrogens with one attached hydrogen (secondary N) is 1. The molecule has 0 aromatic carbocycles. The summed E-state index contributed by atoms with van der Waals surface area (Å²) in [6.07, 6.45) is 6.16. The van der Waals surface area contributed by atoms with E-state index in [4.69, 9.17) is 31.7 Å². The zero-order chi connectivity index (χ0) is 44.2. The summed E-state index contributed by atoms with van der Waals surface area (Å²) >= 11 is 0. The van der Waals surface area contributed by atoms with Gasteiger partial charge in [-0.25, -0.2) is 38.3 Å². The van der Waals surface area contributed by atoms with Crippen LogP contribution in [0.15, 0.2) is 45.1 Å². The maximum absolute atomic E-state index is 12.4. The van der Waals surface area contributed by atoms with Crippen LogP contribution < -0.4 is 32.3 Å². The number of nitrogens with zero attached hydrogens (tertiary/aromatic N) is 10. The van der Waals surface area contributed by atoms with E-state index in [1.807, 2.05) is 34.6 Å². The predicted octanol–water partition coefficient (Wildman–Crippen LogP) is 3.87. The van der Waals surface area contributed by atoms with Crippen molar-refractivity contribution >= 4 is 66.2 Å². The minimum Gasteiger partial charge on any atom is -0.384 e. The van der Waals surface area contributed by atoms with Gasteiger partial charge in [0, 0.05) is 86.4 Å². The number of nitrogen functional groups attached to an aromatic ring is 1. The van der Waals surface area contributed by atoms with E-state index in [9.17, 15) is 18.0 Å². The number of pyridine rings is 2. The molecule has 2 amide bonds. The van der Waals surface area contributed by atoms with E-state index >= 15 is 0 Å². The minimum absolute atomic E-state index is 0. The van der Waals surface area contributed by atoms with Crippen LogP contribution in [0.1, 0.15) is 63.0 Å². The van der Waals surface area contributed by atoms with Gasteiger partial charge in [-0.1, -0.05) is 7.43 Å². The molecule has 2 atom stereocenters. The van der Waals surface area contributed by atoms with Gasteiger partial charge in [0.05, 0.1) is 38.5 Å². The summed E-state index contributed by atoms with van der Waals surface area (Å²) in [6, 6.07) is 9.95. The van der Waals surface area contributed by atoms with Gasteiger partial charge in [0.15, 0.2) is 23.3 Å². The highest BCUT2D eigenvalue weighted by atomic mass is 32.2. The topological polar surface area (TPSA) is 285 Å². The second-order valence-corrected chi connectivity index (χ2v) is 21.1. The van der Waals surface area contributed by atoms with Gasteiger partial charge in [-0.05, 0) is 58.9 Å². The Balaban J connectivity index is 0.000000266. The fourth-order valence-electron chi connectivity index (χ4n) is 6.12. The number of ether oxygens (including phenoxy) is 2. The van der Waals surface area contributed by atoms with Gasteiger partial charge in [0.1, 0.15) is 34.7 Å². The van der Waals surface area contributed by atoms with E-state index in [2.05, 4.69) is 48.8 Å². The summed E-state index contributed by atoms with van der Waals surface area (Å²) in [7, 11) is -4.88. The zero-order valence-corrected chi connectivity index (χ0v) is 37.0. The molecule has 0 aliphatic carbocycles. The normalized spacial score (nSPS) is 17.0. The summed E-state index contributed by atoms with van der Waals surface area (Å²) in [6.45, 7) is 13.6. The van der Waals surface area contributed by atoms with Crippen molar-refractivity contribution < 1.29 is 27.5 Å². The molecule has 4 aromatic rings. The molecule has 2 saturated heterocycles. The molecule has 2 aliphatic rings. The number of hydrogen-bond donors (Lipinski definition) is 4. The molecule has 7 N–H and O–H groups in total. The van der Waals surface area contributed by atoms with Crippen molar-refractivity contribution in [2.45, 2.75) is 59.7 Å². The third-order valence-electron chi connectivity index (χ3n) is 8.54. The molecule has 22 heteroatoms. The average molecular weight is 883 g/mol. The first-order valence-electron chi connectivity index (χ1n) is 18.9. The number of carbonyl (C=O) groups excluding carboxylic acids is 2. The van der Waals surface area contributed by atoms with Crippen molar-refractivity contribution in [3.8, 4) is 22.8 Å². The Labute approximate surface area is 358 Å². The largest absolute Gasteiger partial charge is 0.384 e. The molecule has 6 heterocycles. The molecule has 332 valence electrons. The Morgan fingerprint density at radius 2 is 1.13 bits per heavy atom. The molecule has 0 saturated carbocycles. The summed E-state index contributed by atoms with van der Waals surface area (Å²) < 4.78 is 44.1. The van der Waals surface area contributed by atoms with Gasteiger partial charge in [-0.2, -0.15) is 8.73 Å². The van der Waals surface area contributed by atoms with Gasteiger partial charge >= 0.3 is 0 Å². The number of aromatic nitrogens is 6. The molecule has 0 spiro atoms. The Bertz CT molecular complexity index is 2500. The van der Waals surface area contributed by atoms with E-state index in [1.165, 1.54) is 18.6 Å². The van der Waals surface area contributed by atoms with E-state index in [0.29, 0.717) is 79.7 Å². The Kier molecular flexibility index (Phi) is 15.3. The number of carbonyl (C=O) groups is 2. The van der Waals surface area contributed by atoms with Crippen LogP contribution >= 0.6 is 0 Å². The van der Waals surface area contributed by atoms with Crippen LogP contribution in [0.2, 0.25) is 0 Å². The van der Waals surface area contributed by atoms with Crippen LogP contribution in [0, 0.1) is 0 Å². The number of amides is 2. The summed E-state index contributed by atoms with van der Waals surface area (Å²) in [5.74, 6) is 1.72. The van der Waals surface area contributed by atoms with Crippen LogP contribution in [0.5, 0.6) is 0 Å². The number of nitrogens with two attached hydrogens (primary N) is 3. The molecular weight excluding hydrogens is 825 g/mol. The van der Waals surface area contributed by atoms with Crippen molar-refractivity contribution in [3.05, 3.63) is 47.8 Å². The molecule has 0 bridgehead atoms. The Hall–Kier alpha value is -5.58. The summed E-state index contributed by atoms with van der Waals surface area (Å²) in [4.78, 5) is 54.2. The highest BCUT2D eigenvalue weighted by Crippen LogP contribution is 2.30. The van der Waals surface area contributed by atoms with Crippen LogP contribution in [0.3, 0.4) is 0 Å². The lowest BCUT2D eigenvalue weighted by Gasteiger charge is -2.34. The van der Waals surface area contributed by atoms with Crippen molar-refractivity contribution in [1.29, 1.82) is 0 Å². The highest BCUT2D eigenvalue weighted by molar-refractivity contribution is 7.92. The lowest BCUT2D eigenvalue weighted by Crippen LogP contribution is -2.44. The molecule has 0 unspecified atom stereocenters. The Morgan fingerprint density at radius 1 is 0.705 bits per heavy atom. The average Bonchev–Trinajstić information content (AvgIpc) is 3.12. The van der Waals surface area contributed by atoms with Crippen molar-refractivity contribution in [1.82, 2.24) is 29.9 Å². The predicted molar refractivity (Wildman–Crippen MR) is 241 cm³/mol. The van der Waals surface area contributed by atoms with Crippen molar-refractivity contribution in [3.63, 3.8) is 0 Å². The van der Waals surface area contributed by atoms with Crippen molar-refractivity contribution in [2.24, 2.45) is 20.2 Å². The molecule has 2 fully saturated rings. The molecular formula is C39H58N14O6S2. The SMILES string of the molecule is C.C[C@@H]1COCCN1c1cc(N=S(C)(C)=O)nc(-c2cc(N)nc(C(N)=O)c2)n1.C[C@@H]1COCCN1c1cc(N=S(C)(C)=O)nc(-c2cc(NC(C)(C)C)nc(C(N)=O)c2)n1. The number of morpholine rings is 2. The maximum Gasteiger partial charge on any atom is 0.267 e. The molecule has 4 aromatic heterocycles. The lowest BCUT2D eigenvalue weighted by atomic mass is 10.1. The second-order valence-electron chi connectivity index (χ2n) is 16.0. The smallest absolute Gasteiger partial charge is 0.267 e. The molecule has 0 radical (unpaired) electrons. The van der Waals surface area contributed by atoms with Crippen LogP contribution in [-0.2, 0) is 28.9 Å². The quantitative estimate of drug-likeness (QED) is 0.186. The fourth-order valence-corrected chi connectivity index (χ4v) is 7.20. The first-order chi connectivity index (χ1) is 27.9. The van der Waals surface area contributed by atoms with Crippen molar-refractivity contribution in [2.75, 3.05) is 85.4 Å². The highest BCUT2D eigenvalue weighted by Gasteiger charge is 2.25. The van der Waals surface area contributed by atoms with E-state index in [0.717, 1.165) is 0 Å². The third kappa shape index (κ3) is 14.0. The molecule has 20 nitrogen and oxygen atoms in total. The number of rotatable bonds is 9. The van der Waals surface area contributed by atoms with Gasteiger partial charge in [0.2, 0.25) is 0 Å². The first kappa shape index (κ1) is 48.1. The van der Waals surface area contributed by atoms with E-state index in [1.54, 1.807) is 42.8 Å². The van der Waals surface area contributed by atoms with Crippen LogP contribution in [0.4, 0.5) is 34.9 Å². The maximum atomic E-state index is 12.4. The number of hydrogen-bond acceptors (Lipinski definition) is 18. The van der Waals surface area contributed by atoms with E-state index in [-0.39, 0.29) is 53.9 Å². The summed E-state index contributed by atoms with van der Waals surface area (Å²) in [5.41, 5.74) is 17.5. The first-order valence-corrected chi connectivity index (χ1v) is 23.6. The number of anilines is 4. The van der Waals surface area contributed by atoms with Gasteiger partial charge in [0.25, 0.3) is 11.8 Å². The third-order valence-corrected chi connectivity index (χ3v) is 9.80. The summed E-state index contributed by atoms with van der Waals surface area (Å²) in [5, 5.41) is 3.25. The fraction of sp³-hybridized carbons (Fsp3) is 0.487. The second kappa shape index (κ2) is 19.4. The monoisotopic (exact) mass is 882 g/mol. The number of primary amides is 2. The van der Waals surface area contributed by atoms with Crippen LogP contribution in [-0.4, -0.2) is 132 Å².